The van der Waals surface area contributed by atoms with Gasteiger partial charge in [-0.2, -0.15) is 0 Å². The largest absolute Gasteiger partial charge is 0.394 e. The summed E-state index contributed by atoms with van der Waals surface area (Å²) in [6.07, 6.45) is -0.346. The Kier molecular flexibility index (Phi) is 21.2. The van der Waals surface area contributed by atoms with Crippen molar-refractivity contribution in [2.24, 2.45) is 39.6 Å². The van der Waals surface area contributed by atoms with Gasteiger partial charge in [0.15, 0.2) is 5.96 Å². The van der Waals surface area contributed by atoms with Gasteiger partial charge in [0.1, 0.15) is 36.3 Å². The molecule has 0 heterocycles. The summed E-state index contributed by atoms with van der Waals surface area (Å²) in [4.78, 5) is 108. The highest BCUT2D eigenvalue weighted by Gasteiger charge is 2.34. The molecule has 0 aromatic heterocycles. The van der Waals surface area contributed by atoms with Gasteiger partial charge in [0.25, 0.3) is 0 Å². The zero-order chi connectivity index (χ0) is 44.8. The third kappa shape index (κ3) is 18.3. The van der Waals surface area contributed by atoms with Gasteiger partial charge in [0.2, 0.25) is 47.3 Å². The third-order valence-electron chi connectivity index (χ3n) is 8.83. The van der Waals surface area contributed by atoms with Crippen LogP contribution in [0.2, 0.25) is 0 Å². The molecule has 0 fully saturated rings. The summed E-state index contributed by atoms with van der Waals surface area (Å²) in [5, 5.41) is 25.0. The van der Waals surface area contributed by atoms with Gasteiger partial charge in [0.05, 0.1) is 19.6 Å². The first kappa shape index (κ1) is 49.5. The van der Waals surface area contributed by atoms with Gasteiger partial charge >= 0.3 is 0 Å². The molecule has 2 rings (SSSR count). The molecule has 17 N–H and O–H groups in total. The average molecular weight is 839 g/mol. The van der Waals surface area contributed by atoms with Crippen LogP contribution in [0, 0.1) is 5.92 Å². The van der Waals surface area contributed by atoms with Crippen LogP contribution >= 0.6 is 0 Å². The van der Waals surface area contributed by atoms with Crippen LogP contribution in [-0.2, 0) is 51.2 Å². The topological polar surface area (TPSA) is 371 Å². The third-order valence-corrected chi connectivity index (χ3v) is 8.83. The van der Waals surface area contributed by atoms with E-state index >= 15 is 0 Å². The van der Waals surface area contributed by atoms with E-state index in [1.54, 1.807) is 74.5 Å². The number of hydrogen-bond acceptors (Lipinski definition) is 11. The maximum atomic E-state index is 14.0. The maximum absolute atomic E-state index is 14.0. The van der Waals surface area contributed by atoms with Gasteiger partial charge in [-0.15, -0.1) is 0 Å². The van der Waals surface area contributed by atoms with Crippen molar-refractivity contribution in [1.29, 1.82) is 0 Å². The smallest absolute Gasteiger partial charge is 0.245 e. The molecule has 21 nitrogen and oxygen atoms in total. The predicted octanol–water partition coefficient (Wildman–Crippen LogP) is -4.21. The molecule has 0 bridgehead atoms. The molecule has 6 atom stereocenters. The molecular formula is C39H58N12O9. The summed E-state index contributed by atoms with van der Waals surface area (Å²) < 4.78 is 0. The van der Waals surface area contributed by atoms with E-state index in [9.17, 15) is 43.5 Å². The van der Waals surface area contributed by atoms with E-state index in [-0.39, 0.29) is 50.5 Å². The Labute approximate surface area is 347 Å². The summed E-state index contributed by atoms with van der Waals surface area (Å²) in [5.74, 6) is -7.28. The Bertz CT molecular complexity index is 1790. The van der Waals surface area contributed by atoms with Gasteiger partial charge < -0.3 is 65.7 Å². The number of guanidine groups is 1. The minimum absolute atomic E-state index is 0.0185. The van der Waals surface area contributed by atoms with Gasteiger partial charge in [-0.25, -0.2) is 0 Å². The highest BCUT2D eigenvalue weighted by molar-refractivity contribution is 5.98. The first-order chi connectivity index (χ1) is 28.4. The van der Waals surface area contributed by atoms with E-state index in [0.29, 0.717) is 5.56 Å². The summed E-state index contributed by atoms with van der Waals surface area (Å²) >= 11 is 0. The van der Waals surface area contributed by atoms with Crippen molar-refractivity contribution >= 4 is 53.2 Å². The van der Waals surface area contributed by atoms with E-state index in [1.165, 1.54) is 0 Å². The SMILES string of the molecule is CC(C)C[C@H](NC(=O)[C@H](Cc1ccccc1)NC(=O)[C@H](CO)NC(=O)[C@H](CC(N)=O)NC(=O)CN)C(=O)N[C@@H](CCCN=C(N)N)C(=O)N[C@@H](Cc1ccccc1)C(N)=O. The number of rotatable bonds is 26. The molecule has 60 heavy (non-hydrogen) atoms. The number of nitrogens with zero attached hydrogens (tertiary/aromatic N) is 1. The second kappa shape index (κ2) is 25.7. The molecule has 0 radical (unpaired) electrons. The molecule has 0 aliphatic carbocycles. The van der Waals surface area contributed by atoms with E-state index < -0.39 is 103 Å². The lowest BCUT2D eigenvalue weighted by molar-refractivity contribution is -0.136. The molecule has 0 saturated heterocycles. The average Bonchev–Trinajstić information content (AvgIpc) is 3.19. The van der Waals surface area contributed by atoms with Crippen molar-refractivity contribution in [2.45, 2.75) is 88.6 Å². The van der Waals surface area contributed by atoms with Crippen LogP contribution in [0.5, 0.6) is 0 Å². The van der Waals surface area contributed by atoms with Crippen molar-refractivity contribution in [3.05, 3.63) is 71.8 Å². The molecule has 21 heteroatoms. The molecule has 0 saturated carbocycles. The summed E-state index contributed by atoms with van der Waals surface area (Å²) in [6, 6.07) is 9.14. The zero-order valence-electron chi connectivity index (χ0n) is 33.7. The molecular weight excluding hydrogens is 781 g/mol. The number of aliphatic imine (C=N–C) groups is 1. The Morgan fingerprint density at radius 3 is 1.55 bits per heavy atom. The second-order valence-corrected chi connectivity index (χ2v) is 14.3. The molecule has 2 aromatic rings. The van der Waals surface area contributed by atoms with Gasteiger partial charge in [-0.05, 0) is 36.3 Å². The first-order valence-corrected chi connectivity index (χ1v) is 19.3. The monoisotopic (exact) mass is 838 g/mol. The zero-order valence-corrected chi connectivity index (χ0v) is 33.7. The van der Waals surface area contributed by atoms with E-state index in [1.807, 2.05) is 0 Å². The molecule has 8 amide bonds. The van der Waals surface area contributed by atoms with Crippen molar-refractivity contribution in [1.82, 2.24) is 31.9 Å². The number of aliphatic hydroxyl groups is 1. The van der Waals surface area contributed by atoms with Crippen LogP contribution in [0.25, 0.3) is 0 Å². The quantitative estimate of drug-likeness (QED) is 0.0244. The predicted molar refractivity (Wildman–Crippen MR) is 220 cm³/mol. The Morgan fingerprint density at radius 1 is 0.600 bits per heavy atom. The van der Waals surface area contributed by atoms with Gasteiger partial charge in [-0.3, -0.25) is 43.3 Å². The minimum atomic E-state index is -1.67. The lowest BCUT2D eigenvalue weighted by Gasteiger charge is -2.28. The van der Waals surface area contributed by atoms with Crippen LogP contribution in [0.1, 0.15) is 50.7 Å². The molecule has 0 spiro atoms. The highest BCUT2D eigenvalue weighted by atomic mass is 16.3. The lowest BCUT2D eigenvalue weighted by Crippen LogP contribution is -2.61. The number of nitrogens with one attached hydrogen (secondary N) is 6. The standard InChI is InChI=1S/C39H58N12O9/c1-22(2)16-27(35(57)47-25(14-9-15-45-39(43)44)34(56)48-26(33(42)55)17-23-10-5-3-6-11-23)49-36(58)28(18-24-12-7-4-8-13-24)50-38(60)30(21-52)51-37(59)29(19-31(41)53)46-32(54)20-40/h3-8,10-13,22,25-30,52H,9,14-21,40H2,1-2H3,(H2,41,53)(H2,42,55)(H,46,54)(H,47,57)(H,48,56)(H,49,58)(H,50,60)(H,51,59)(H4,43,44,45)/t25-,26-,27-,28-,29-,30-/m0/s1. The number of nitrogens with two attached hydrogens (primary N) is 5. The Hall–Kier alpha value is -6.61. The number of primary amides is 2. The summed E-state index contributed by atoms with van der Waals surface area (Å²) in [6.45, 7) is 2.23. The van der Waals surface area contributed by atoms with Gasteiger partial charge in [-0.1, -0.05) is 74.5 Å². The maximum Gasteiger partial charge on any atom is 0.245 e. The van der Waals surface area contributed by atoms with Crippen LogP contribution in [0.4, 0.5) is 0 Å². The number of hydrogen-bond donors (Lipinski definition) is 12. The molecule has 0 unspecified atom stereocenters. The second-order valence-electron chi connectivity index (χ2n) is 14.3. The lowest BCUT2D eigenvalue weighted by atomic mass is 10.00. The minimum Gasteiger partial charge on any atom is -0.394 e. The molecule has 2 aromatic carbocycles. The fourth-order valence-electron chi connectivity index (χ4n) is 5.83. The van der Waals surface area contributed by atoms with Crippen LogP contribution in [-0.4, -0.2) is 114 Å². The number of carbonyl (C=O) groups excluding carboxylic acids is 8. The molecule has 0 aliphatic heterocycles. The normalized spacial score (nSPS) is 13.8. The fraction of sp³-hybridized carbons (Fsp3) is 0.462. The number of carbonyl (C=O) groups is 8. The molecule has 328 valence electrons. The fourth-order valence-corrected chi connectivity index (χ4v) is 5.83. The summed E-state index contributed by atoms with van der Waals surface area (Å²) in [5.41, 5.74) is 28.4. The van der Waals surface area contributed by atoms with E-state index in [2.05, 4.69) is 36.9 Å². The van der Waals surface area contributed by atoms with Crippen LogP contribution in [0.15, 0.2) is 65.7 Å². The van der Waals surface area contributed by atoms with Gasteiger partial charge in [0, 0.05) is 19.4 Å². The number of benzene rings is 2. The number of amides is 8. The van der Waals surface area contributed by atoms with E-state index in [0.717, 1.165) is 5.56 Å². The summed E-state index contributed by atoms with van der Waals surface area (Å²) in [7, 11) is 0. The van der Waals surface area contributed by atoms with E-state index in [4.69, 9.17) is 28.7 Å². The van der Waals surface area contributed by atoms with Crippen molar-refractivity contribution in [3.63, 3.8) is 0 Å². The molecule has 0 aliphatic rings. The Morgan fingerprint density at radius 2 is 1.05 bits per heavy atom. The van der Waals surface area contributed by atoms with Crippen LogP contribution < -0.4 is 60.6 Å². The van der Waals surface area contributed by atoms with Crippen molar-refractivity contribution < 1.29 is 43.5 Å². The van der Waals surface area contributed by atoms with Crippen LogP contribution in [0.3, 0.4) is 0 Å². The van der Waals surface area contributed by atoms with Crippen molar-refractivity contribution in [3.8, 4) is 0 Å². The first-order valence-electron chi connectivity index (χ1n) is 19.3. The number of aliphatic hydroxyl groups excluding tert-OH is 1. The highest BCUT2D eigenvalue weighted by Crippen LogP contribution is 2.11. The Balaban J connectivity index is 2.37. The van der Waals surface area contributed by atoms with Crippen molar-refractivity contribution in [2.75, 3.05) is 19.7 Å².